The smallest absolute Gasteiger partial charge is 0.352 e. The normalized spacial score (nSPS) is 18.6. The Bertz CT molecular complexity index is 1220. The highest BCUT2D eigenvalue weighted by atomic mass is 32.1. The second kappa shape index (κ2) is 8.67. The van der Waals surface area contributed by atoms with Gasteiger partial charge in [-0.05, 0) is 18.9 Å². The number of fused-ring (bicyclic) bond motifs is 2. The van der Waals surface area contributed by atoms with Crippen LogP contribution in [0.1, 0.15) is 43.2 Å². The molecular formula is C21H25F3N8OS. The van der Waals surface area contributed by atoms with E-state index in [9.17, 15) is 18.0 Å². The Kier molecular flexibility index (Phi) is 5.82. The molecular weight excluding hydrogens is 469 g/mol. The highest BCUT2D eigenvalue weighted by Gasteiger charge is 2.40. The Morgan fingerprint density at radius 3 is 2.76 bits per heavy atom. The molecule has 0 spiro atoms. The van der Waals surface area contributed by atoms with Crippen molar-refractivity contribution in [1.82, 2.24) is 30.0 Å². The van der Waals surface area contributed by atoms with Crippen molar-refractivity contribution >= 4 is 39.2 Å². The van der Waals surface area contributed by atoms with E-state index in [0.29, 0.717) is 31.4 Å². The summed E-state index contributed by atoms with van der Waals surface area (Å²) in [5.74, 6) is 0.509. The van der Waals surface area contributed by atoms with Crippen LogP contribution in [0.3, 0.4) is 0 Å². The highest BCUT2D eigenvalue weighted by molar-refractivity contribution is 7.18. The van der Waals surface area contributed by atoms with Crippen LogP contribution in [0.2, 0.25) is 0 Å². The second-order valence-corrected chi connectivity index (χ2v) is 9.79. The van der Waals surface area contributed by atoms with E-state index in [1.165, 1.54) is 11.8 Å². The summed E-state index contributed by atoms with van der Waals surface area (Å²) in [7, 11) is 0. The number of nitrogens with one attached hydrogen (secondary N) is 1. The molecule has 1 amide bonds. The topological polar surface area (TPSA) is 92.1 Å². The molecule has 3 aromatic heterocycles. The second-order valence-electron chi connectivity index (χ2n) is 8.67. The number of anilines is 2. The van der Waals surface area contributed by atoms with Gasteiger partial charge in [-0.1, -0.05) is 13.3 Å². The summed E-state index contributed by atoms with van der Waals surface area (Å²) in [6, 6.07) is 2.13. The number of rotatable bonds is 5. The molecule has 5 rings (SSSR count). The lowest BCUT2D eigenvalue weighted by Gasteiger charge is -2.30. The van der Waals surface area contributed by atoms with Gasteiger partial charge in [-0.2, -0.15) is 18.2 Å². The predicted molar refractivity (Wildman–Crippen MR) is 122 cm³/mol. The molecule has 0 saturated carbocycles. The van der Waals surface area contributed by atoms with E-state index < -0.39 is 12.0 Å². The summed E-state index contributed by atoms with van der Waals surface area (Å²) >= 11 is 1.62. The van der Waals surface area contributed by atoms with Gasteiger partial charge in [0.1, 0.15) is 10.6 Å². The fourth-order valence-corrected chi connectivity index (χ4v) is 5.71. The van der Waals surface area contributed by atoms with E-state index in [-0.39, 0.29) is 30.9 Å². The number of halogens is 3. The van der Waals surface area contributed by atoms with Crippen LogP contribution in [0.4, 0.5) is 24.9 Å². The van der Waals surface area contributed by atoms with Gasteiger partial charge in [0, 0.05) is 44.0 Å². The van der Waals surface area contributed by atoms with Crippen molar-refractivity contribution in [2.75, 3.05) is 29.4 Å². The van der Waals surface area contributed by atoms with Crippen molar-refractivity contribution < 1.29 is 18.0 Å². The van der Waals surface area contributed by atoms with Crippen LogP contribution in [0.15, 0.2) is 6.07 Å². The van der Waals surface area contributed by atoms with Crippen LogP contribution in [-0.2, 0) is 30.5 Å². The van der Waals surface area contributed by atoms with Gasteiger partial charge in [-0.3, -0.25) is 4.79 Å². The minimum absolute atomic E-state index is 0.0357. The van der Waals surface area contributed by atoms with E-state index in [4.69, 9.17) is 9.97 Å². The molecule has 2 aliphatic rings. The number of aromatic nitrogens is 5. The van der Waals surface area contributed by atoms with Gasteiger partial charge < -0.3 is 19.7 Å². The summed E-state index contributed by atoms with van der Waals surface area (Å²) in [6.45, 7) is 5.61. The highest BCUT2D eigenvalue weighted by Crippen LogP contribution is 2.36. The van der Waals surface area contributed by atoms with E-state index in [1.54, 1.807) is 11.3 Å². The van der Waals surface area contributed by atoms with E-state index in [0.717, 1.165) is 34.0 Å². The summed E-state index contributed by atoms with van der Waals surface area (Å²) in [4.78, 5) is 27.2. The quantitative estimate of drug-likeness (QED) is 0.583. The van der Waals surface area contributed by atoms with Gasteiger partial charge >= 0.3 is 6.18 Å². The molecule has 1 fully saturated rings. The monoisotopic (exact) mass is 494 g/mol. The Balaban J connectivity index is 1.49. The SMILES string of the molecule is CCCc1cc2c(N3CCn4c(nnc4C(F)(F)F)C3)nc(N3CCC(NC(C)=O)C3)nc2s1. The maximum atomic E-state index is 13.3. The zero-order valence-electron chi connectivity index (χ0n) is 18.9. The minimum Gasteiger partial charge on any atom is -0.352 e. The van der Waals surface area contributed by atoms with Crippen LogP contribution < -0.4 is 15.1 Å². The average Bonchev–Trinajstić information content (AvgIpc) is 3.49. The number of carbonyl (C=O) groups excluding carboxylic acids is 1. The zero-order valence-corrected chi connectivity index (χ0v) is 19.7. The molecule has 13 heteroatoms. The largest absolute Gasteiger partial charge is 0.451 e. The summed E-state index contributed by atoms with van der Waals surface area (Å²) in [5, 5.41) is 11.1. The van der Waals surface area contributed by atoms with Crippen LogP contribution in [0.5, 0.6) is 0 Å². The average molecular weight is 495 g/mol. The van der Waals surface area contributed by atoms with Gasteiger partial charge in [-0.25, -0.2) is 4.98 Å². The number of aryl methyl sites for hydroxylation is 1. The third kappa shape index (κ3) is 4.28. The predicted octanol–water partition coefficient (Wildman–Crippen LogP) is 2.99. The molecule has 1 unspecified atom stereocenters. The van der Waals surface area contributed by atoms with E-state index in [1.807, 2.05) is 4.90 Å². The van der Waals surface area contributed by atoms with Crippen LogP contribution in [0, 0.1) is 0 Å². The summed E-state index contributed by atoms with van der Waals surface area (Å²) < 4.78 is 40.9. The molecule has 0 aromatic carbocycles. The van der Waals surface area contributed by atoms with Crippen molar-refractivity contribution in [2.24, 2.45) is 0 Å². The summed E-state index contributed by atoms with van der Waals surface area (Å²) in [5.41, 5.74) is 0. The number of hydrogen-bond donors (Lipinski definition) is 1. The lowest BCUT2D eigenvalue weighted by atomic mass is 10.2. The van der Waals surface area contributed by atoms with Gasteiger partial charge in [0.25, 0.3) is 0 Å². The first-order chi connectivity index (χ1) is 16.2. The van der Waals surface area contributed by atoms with E-state index in [2.05, 4.69) is 33.4 Å². The van der Waals surface area contributed by atoms with Gasteiger partial charge in [0.15, 0.2) is 5.82 Å². The Hall–Kier alpha value is -2.96. The molecule has 3 aromatic rings. The molecule has 1 atom stereocenters. The Morgan fingerprint density at radius 2 is 2.03 bits per heavy atom. The number of hydrogen-bond acceptors (Lipinski definition) is 8. The summed E-state index contributed by atoms with van der Waals surface area (Å²) in [6.07, 6.45) is -1.81. The van der Waals surface area contributed by atoms with Crippen LogP contribution >= 0.6 is 11.3 Å². The number of thiophene rings is 1. The van der Waals surface area contributed by atoms with E-state index >= 15 is 0 Å². The standard InChI is InChI=1S/C21H25F3N8OS/c1-3-4-14-9-15-17(30-7-8-32-16(11-30)28-29-19(32)21(22,23)24)26-20(27-18(15)34-14)31-6-5-13(10-31)25-12(2)33/h9,13H,3-8,10-11H2,1-2H3,(H,25,33). The fraction of sp³-hybridized carbons (Fsp3) is 0.571. The Morgan fingerprint density at radius 1 is 1.21 bits per heavy atom. The molecule has 9 nitrogen and oxygen atoms in total. The van der Waals surface area contributed by atoms with Crippen molar-refractivity contribution in [1.29, 1.82) is 0 Å². The molecule has 182 valence electrons. The van der Waals surface area contributed by atoms with Gasteiger partial charge in [-0.15, -0.1) is 21.5 Å². The van der Waals surface area contributed by atoms with Crippen LogP contribution in [-0.4, -0.2) is 56.3 Å². The van der Waals surface area contributed by atoms with Crippen molar-refractivity contribution in [3.63, 3.8) is 0 Å². The number of nitrogens with zero attached hydrogens (tertiary/aromatic N) is 7. The third-order valence-electron chi connectivity index (χ3n) is 6.09. The van der Waals surface area contributed by atoms with Crippen molar-refractivity contribution in [3.05, 3.63) is 22.6 Å². The molecule has 1 N–H and O–H groups in total. The molecule has 0 aliphatic carbocycles. The minimum atomic E-state index is -4.54. The van der Waals surface area contributed by atoms with Gasteiger partial charge in [0.2, 0.25) is 17.7 Å². The fourth-order valence-electron chi connectivity index (χ4n) is 4.59. The first-order valence-electron chi connectivity index (χ1n) is 11.3. The molecule has 34 heavy (non-hydrogen) atoms. The lowest BCUT2D eigenvalue weighted by Crippen LogP contribution is -2.37. The first-order valence-corrected chi connectivity index (χ1v) is 12.1. The number of amides is 1. The number of carbonyl (C=O) groups is 1. The van der Waals surface area contributed by atoms with Gasteiger partial charge in [0.05, 0.1) is 11.9 Å². The van der Waals surface area contributed by atoms with Crippen molar-refractivity contribution in [3.8, 4) is 0 Å². The maximum Gasteiger partial charge on any atom is 0.451 e. The molecule has 1 saturated heterocycles. The molecule has 0 radical (unpaired) electrons. The van der Waals surface area contributed by atoms with Crippen molar-refractivity contribution in [2.45, 2.75) is 58.4 Å². The third-order valence-corrected chi connectivity index (χ3v) is 7.18. The first kappa shape index (κ1) is 22.8. The molecule has 5 heterocycles. The van der Waals surface area contributed by atoms with Crippen LogP contribution in [0.25, 0.3) is 10.2 Å². The lowest BCUT2D eigenvalue weighted by molar-refractivity contribution is -0.147. The molecule has 2 aliphatic heterocycles. The molecule has 0 bridgehead atoms. The maximum absolute atomic E-state index is 13.3. The zero-order chi connectivity index (χ0) is 24.0. The number of alkyl halides is 3. The Labute approximate surface area is 198 Å².